The van der Waals surface area contributed by atoms with Crippen molar-refractivity contribution in [2.45, 2.75) is 33.1 Å². The molecule has 0 saturated heterocycles. The maximum Gasteiger partial charge on any atom is 0.140 e. The Kier molecular flexibility index (Phi) is 4.14. The predicted molar refractivity (Wildman–Crippen MR) is 76.7 cm³/mol. The van der Waals surface area contributed by atoms with Crippen LogP contribution < -0.4 is 0 Å². The van der Waals surface area contributed by atoms with Crippen LogP contribution in [-0.4, -0.2) is 5.78 Å². The zero-order chi connectivity index (χ0) is 13.0. The zero-order valence-electron chi connectivity index (χ0n) is 11.1. The van der Waals surface area contributed by atoms with E-state index in [2.05, 4.69) is 44.2 Å². The Labute approximate surface area is 109 Å². The highest BCUT2D eigenvalue weighted by molar-refractivity contribution is 5.87. The fraction of sp³-hybridized carbons (Fsp3) is 0.353. The lowest BCUT2D eigenvalue weighted by molar-refractivity contribution is -0.122. The molecule has 0 amide bonds. The summed E-state index contributed by atoms with van der Waals surface area (Å²) in [7, 11) is 0. The summed E-state index contributed by atoms with van der Waals surface area (Å²) in [6, 6.07) is 14.6. The SMILES string of the molecule is CCC(CC)C(=O)Cc1ccc2ccccc2c1. The van der Waals surface area contributed by atoms with Crippen LogP contribution in [0.15, 0.2) is 42.5 Å². The molecule has 0 unspecified atom stereocenters. The van der Waals surface area contributed by atoms with Gasteiger partial charge in [0.15, 0.2) is 0 Å². The molecule has 0 heterocycles. The molecule has 94 valence electrons. The molecule has 1 nitrogen and oxygen atoms in total. The summed E-state index contributed by atoms with van der Waals surface area (Å²) in [4.78, 5) is 12.1. The molecule has 0 aromatic heterocycles. The number of Topliss-reactive ketones (excluding diaryl/α,β-unsaturated/α-hetero) is 1. The number of hydrogen-bond donors (Lipinski definition) is 0. The lowest BCUT2D eigenvalue weighted by atomic mass is 9.93. The molecule has 0 aliphatic rings. The molecular formula is C17H20O. The highest BCUT2D eigenvalue weighted by atomic mass is 16.1. The van der Waals surface area contributed by atoms with Gasteiger partial charge < -0.3 is 0 Å². The number of carbonyl (C=O) groups excluding carboxylic acids is 1. The molecule has 0 fully saturated rings. The predicted octanol–water partition coefficient (Wildman–Crippen LogP) is 4.39. The van der Waals surface area contributed by atoms with E-state index in [0.717, 1.165) is 18.4 Å². The van der Waals surface area contributed by atoms with Crippen LogP contribution in [0, 0.1) is 5.92 Å². The van der Waals surface area contributed by atoms with Crippen LogP contribution in [0.4, 0.5) is 0 Å². The Balaban J connectivity index is 2.19. The fourth-order valence-electron chi connectivity index (χ4n) is 2.44. The van der Waals surface area contributed by atoms with Crippen molar-refractivity contribution in [3.05, 3.63) is 48.0 Å². The van der Waals surface area contributed by atoms with Crippen LogP contribution in [-0.2, 0) is 11.2 Å². The van der Waals surface area contributed by atoms with E-state index in [1.54, 1.807) is 0 Å². The largest absolute Gasteiger partial charge is 0.299 e. The minimum Gasteiger partial charge on any atom is -0.299 e. The highest BCUT2D eigenvalue weighted by Gasteiger charge is 2.14. The molecular weight excluding hydrogens is 220 g/mol. The van der Waals surface area contributed by atoms with E-state index in [-0.39, 0.29) is 5.92 Å². The number of ketones is 1. The summed E-state index contributed by atoms with van der Waals surface area (Å²) >= 11 is 0. The second-order valence-electron chi connectivity index (χ2n) is 4.84. The molecule has 2 aromatic rings. The fourth-order valence-corrected chi connectivity index (χ4v) is 2.44. The maximum absolute atomic E-state index is 12.1. The van der Waals surface area contributed by atoms with Crippen molar-refractivity contribution in [1.82, 2.24) is 0 Å². The van der Waals surface area contributed by atoms with Gasteiger partial charge in [-0.1, -0.05) is 56.3 Å². The van der Waals surface area contributed by atoms with E-state index >= 15 is 0 Å². The van der Waals surface area contributed by atoms with E-state index in [1.165, 1.54) is 10.8 Å². The van der Waals surface area contributed by atoms with Gasteiger partial charge in [0, 0.05) is 12.3 Å². The zero-order valence-corrected chi connectivity index (χ0v) is 11.1. The van der Waals surface area contributed by atoms with Crippen molar-refractivity contribution in [3.8, 4) is 0 Å². The summed E-state index contributed by atoms with van der Waals surface area (Å²) in [5, 5.41) is 2.45. The van der Waals surface area contributed by atoms with Gasteiger partial charge >= 0.3 is 0 Å². The topological polar surface area (TPSA) is 17.1 Å². The van der Waals surface area contributed by atoms with E-state index < -0.39 is 0 Å². The second kappa shape index (κ2) is 5.81. The summed E-state index contributed by atoms with van der Waals surface area (Å²) < 4.78 is 0. The van der Waals surface area contributed by atoms with Crippen molar-refractivity contribution in [2.75, 3.05) is 0 Å². The first-order chi connectivity index (χ1) is 8.74. The molecule has 1 heteroatoms. The van der Waals surface area contributed by atoms with E-state index in [0.29, 0.717) is 12.2 Å². The Bertz CT molecular complexity index is 538. The number of fused-ring (bicyclic) bond motifs is 1. The van der Waals surface area contributed by atoms with Crippen LogP contribution >= 0.6 is 0 Å². The molecule has 0 spiro atoms. The molecule has 2 rings (SSSR count). The summed E-state index contributed by atoms with van der Waals surface area (Å²) in [5.41, 5.74) is 1.13. The summed E-state index contributed by atoms with van der Waals surface area (Å²) in [6.45, 7) is 4.18. The van der Waals surface area contributed by atoms with Gasteiger partial charge in [-0.2, -0.15) is 0 Å². The second-order valence-corrected chi connectivity index (χ2v) is 4.84. The lowest BCUT2D eigenvalue weighted by Gasteiger charge is -2.11. The molecule has 2 aromatic carbocycles. The molecule has 0 aliphatic heterocycles. The normalized spacial score (nSPS) is 11.1. The first-order valence-corrected chi connectivity index (χ1v) is 6.75. The van der Waals surface area contributed by atoms with Crippen molar-refractivity contribution in [1.29, 1.82) is 0 Å². The van der Waals surface area contributed by atoms with Crippen molar-refractivity contribution in [2.24, 2.45) is 5.92 Å². The average Bonchev–Trinajstić information content (AvgIpc) is 2.40. The minimum atomic E-state index is 0.219. The standard InChI is InChI=1S/C17H20O/c1-3-14(4-2)17(18)12-13-9-10-15-7-5-6-8-16(15)11-13/h5-11,14H,3-4,12H2,1-2H3. The minimum absolute atomic E-state index is 0.219. The molecule has 0 N–H and O–H groups in total. The number of rotatable bonds is 5. The first-order valence-electron chi connectivity index (χ1n) is 6.75. The quantitative estimate of drug-likeness (QED) is 0.757. The first kappa shape index (κ1) is 12.8. The van der Waals surface area contributed by atoms with E-state index in [1.807, 2.05) is 12.1 Å². The Morgan fingerprint density at radius 1 is 1.00 bits per heavy atom. The van der Waals surface area contributed by atoms with Gasteiger partial charge in [0.25, 0.3) is 0 Å². The Hall–Kier alpha value is -1.63. The molecule has 0 bridgehead atoms. The average molecular weight is 240 g/mol. The third kappa shape index (κ3) is 2.79. The lowest BCUT2D eigenvalue weighted by Crippen LogP contribution is -2.15. The van der Waals surface area contributed by atoms with Gasteiger partial charge in [0.1, 0.15) is 5.78 Å². The van der Waals surface area contributed by atoms with Crippen LogP contribution in [0.1, 0.15) is 32.3 Å². The summed E-state index contributed by atoms with van der Waals surface area (Å²) in [5.74, 6) is 0.590. The third-order valence-electron chi connectivity index (χ3n) is 3.63. The summed E-state index contributed by atoms with van der Waals surface area (Å²) in [6.07, 6.45) is 2.46. The van der Waals surface area contributed by atoms with Gasteiger partial charge in [-0.15, -0.1) is 0 Å². The third-order valence-corrected chi connectivity index (χ3v) is 3.63. The number of benzene rings is 2. The molecule has 18 heavy (non-hydrogen) atoms. The molecule has 0 radical (unpaired) electrons. The highest BCUT2D eigenvalue weighted by Crippen LogP contribution is 2.18. The number of carbonyl (C=O) groups is 1. The smallest absolute Gasteiger partial charge is 0.140 e. The molecule has 0 aliphatic carbocycles. The van der Waals surface area contributed by atoms with Gasteiger partial charge in [0.05, 0.1) is 0 Å². The van der Waals surface area contributed by atoms with Crippen molar-refractivity contribution < 1.29 is 4.79 Å². The number of hydrogen-bond acceptors (Lipinski definition) is 1. The van der Waals surface area contributed by atoms with E-state index in [9.17, 15) is 4.79 Å². The van der Waals surface area contributed by atoms with E-state index in [4.69, 9.17) is 0 Å². The van der Waals surface area contributed by atoms with Crippen LogP contribution in [0.5, 0.6) is 0 Å². The van der Waals surface area contributed by atoms with Crippen LogP contribution in [0.25, 0.3) is 10.8 Å². The monoisotopic (exact) mass is 240 g/mol. The van der Waals surface area contributed by atoms with Crippen molar-refractivity contribution >= 4 is 16.6 Å². The van der Waals surface area contributed by atoms with Crippen molar-refractivity contribution in [3.63, 3.8) is 0 Å². The van der Waals surface area contributed by atoms with Gasteiger partial charge in [-0.05, 0) is 29.2 Å². The molecule has 0 saturated carbocycles. The van der Waals surface area contributed by atoms with Crippen LogP contribution in [0.3, 0.4) is 0 Å². The Morgan fingerprint density at radius 2 is 1.67 bits per heavy atom. The van der Waals surface area contributed by atoms with Gasteiger partial charge in [0.2, 0.25) is 0 Å². The van der Waals surface area contributed by atoms with Gasteiger partial charge in [-0.3, -0.25) is 4.79 Å². The maximum atomic E-state index is 12.1. The van der Waals surface area contributed by atoms with Crippen LogP contribution in [0.2, 0.25) is 0 Å². The molecule has 0 atom stereocenters. The Morgan fingerprint density at radius 3 is 2.33 bits per heavy atom. The van der Waals surface area contributed by atoms with Gasteiger partial charge in [-0.25, -0.2) is 0 Å².